The number of amides is 1. The second-order valence-corrected chi connectivity index (χ2v) is 12.9. The minimum atomic E-state index is -3.33. The van der Waals surface area contributed by atoms with Crippen LogP contribution in [0.25, 0.3) is 0 Å². The molecule has 7 nitrogen and oxygen atoms in total. The van der Waals surface area contributed by atoms with Gasteiger partial charge < -0.3 is 15.0 Å². The molecule has 3 heterocycles. The summed E-state index contributed by atoms with van der Waals surface area (Å²) < 4.78 is 31.7. The number of piperidine rings is 1. The normalized spacial score (nSPS) is 30.7. The maximum Gasteiger partial charge on any atom is 0.235 e. The molecular formula is C23H37N3O4S2. The van der Waals surface area contributed by atoms with Crippen LogP contribution >= 0.6 is 11.3 Å². The molecular weight excluding hydrogens is 446 g/mol. The molecule has 3 aliphatic rings. The van der Waals surface area contributed by atoms with Crippen LogP contribution in [0.2, 0.25) is 0 Å². The Morgan fingerprint density at radius 2 is 2.12 bits per heavy atom. The molecule has 1 aromatic heterocycles. The molecule has 1 spiro atoms. The van der Waals surface area contributed by atoms with Crippen LogP contribution in [0.5, 0.6) is 0 Å². The van der Waals surface area contributed by atoms with Gasteiger partial charge in [-0.15, -0.1) is 11.3 Å². The van der Waals surface area contributed by atoms with E-state index >= 15 is 0 Å². The van der Waals surface area contributed by atoms with Crippen molar-refractivity contribution in [2.24, 2.45) is 5.92 Å². The van der Waals surface area contributed by atoms with Gasteiger partial charge >= 0.3 is 0 Å². The Morgan fingerprint density at radius 1 is 1.34 bits per heavy atom. The van der Waals surface area contributed by atoms with Gasteiger partial charge in [0.15, 0.2) is 0 Å². The van der Waals surface area contributed by atoms with Crippen molar-refractivity contribution in [2.75, 3.05) is 32.0 Å². The highest BCUT2D eigenvalue weighted by Crippen LogP contribution is 2.46. The molecule has 9 heteroatoms. The van der Waals surface area contributed by atoms with Crippen molar-refractivity contribution in [3.63, 3.8) is 0 Å². The summed E-state index contributed by atoms with van der Waals surface area (Å²) in [7, 11) is -3.33. The fourth-order valence-electron chi connectivity index (χ4n) is 5.44. The van der Waals surface area contributed by atoms with Crippen LogP contribution in [0.15, 0.2) is 6.07 Å². The van der Waals surface area contributed by atoms with Gasteiger partial charge in [0.25, 0.3) is 0 Å². The fraction of sp³-hybridized carbons (Fsp3) is 0.783. The number of ether oxygens (including phenoxy) is 1. The number of nitrogens with zero attached hydrogens (tertiary/aromatic N) is 1. The van der Waals surface area contributed by atoms with E-state index in [4.69, 9.17) is 4.74 Å². The molecule has 2 atom stereocenters. The lowest BCUT2D eigenvalue weighted by Gasteiger charge is -2.49. The first-order chi connectivity index (χ1) is 15.2. The minimum absolute atomic E-state index is 0.0143. The predicted octanol–water partition coefficient (Wildman–Crippen LogP) is 2.40. The number of fused-ring (bicyclic) bond motifs is 2. The lowest BCUT2D eigenvalue weighted by Crippen LogP contribution is -2.54. The van der Waals surface area contributed by atoms with E-state index in [0.717, 1.165) is 58.2 Å². The third kappa shape index (κ3) is 5.22. The van der Waals surface area contributed by atoms with Crippen molar-refractivity contribution in [1.82, 2.24) is 14.9 Å². The molecule has 1 aliphatic carbocycles. The minimum Gasteiger partial charge on any atom is -0.370 e. The lowest BCUT2D eigenvalue weighted by atomic mass is 9.76. The highest BCUT2D eigenvalue weighted by Gasteiger charge is 2.45. The van der Waals surface area contributed by atoms with E-state index in [1.807, 2.05) is 11.3 Å². The van der Waals surface area contributed by atoms with Crippen LogP contribution < -0.4 is 10.0 Å². The average molecular weight is 484 g/mol. The van der Waals surface area contributed by atoms with Crippen LogP contribution in [0, 0.1) is 5.92 Å². The van der Waals surface area contributed by atoms with E-state index in [0.29, 0.717) is 12.0 Å². The molecule has 2 fully saturated rings. The smallest absolute Gasteiger partial charge is 0.235 e. The molecule has 0 unspecified atom stereocenters. The summed E-state index contributed by atoms with van der Waals surface area (Å²) in [6.45, 7) is 8.88. The molecule has 0 bridgehead atoms. The molecule has 32 heavy (non-hydrogen) atoms. The summed E-state index contributed by atoms with van der Waals surface area (Å²) in [4.78, 5) is 17.6. The van der Waals surface area contributed by atoms with Crippen molar-refractivity contribution in [1.29, 1.82) is 0 Å². The zero-order valence-corrected chi connectivity index (χ0v) is 21.1. The van der Waals surface area contributed by atoms with E-state index in [2.05, 4.69) is 34.9 Å². The second-order valence-electron chi connectivity index (χ2n) is 9.62. The van der Waals surface area contributed by atoms with Crippen LogP contribution in [-0.4, -0.2) is 63.3 Å². The molecule has 4 rings (SSSR count). The monoisotopic (exact) mass is 483 g/mol. The van der Waals surface area contributed by atoms with E-state index in [-0.39, 0.29) is 29.8 Å². The highest BCUT2D eigenvalue weighted by atomic mass is 32.2. The molecule has 180 valence electrons. The summed E-state index contributed by atoms with van der Waals surface area (Å²) in [5, 5.41) is 2.95. The summed E-state index contributed by atoms with van der Waals surface area (Å²) in [6.07, 6.45) is 6.17. The molecule has 1 saturated carbocycles. The Kier molecular flexibility index (Phi) is 7.32. The molecule has 2 aliphatic heterocycles. The van der Waals surface area contributed by atoms with Crippen LogP contribution in [0.1, 0.15) is 61.8 Å². The third-order valence-corrected chi connectivity index (χ3v) is 10.1. The number of sulfonamides is 1. The quantitative estimate of drug-likeness (QED) is 0.593. The summed E-state index contributed by atoms with van der Waals surface area (Å²) in [6, 6.07) is 3.03. The van der Waals surface area contributed by atoms with E-state index in [1.54, 1.807) is 6.92 Å². The van der Waals surface area contributed by atoms with Crippen LogP contribution in [-0.2, 0) is 38.0 Å². The maximum absolute atomic E-state index is 12.0. The molecule has 1 aromatic rings. The standard InChI is InChI=1S/C23H37N3O4S2/c1-4-19-12-20-21(31-19)6-9-30-23(20)7-8-26(16(3)13-23)15-17-10-18(11-17)25-22(27)14-24-32(28,29)5-2/h12,16-18,24H,4-11,13-15H2,1-3H3,(H,25,27)/t16-,17-,18+,23+/m0/s1. The number of nitrogens with one attached hydrogen (secondary N) is 2. The number of likely N-dealkylation sites (tertiary alicyclic amines) is 1. The van der Waals surface area contributed by atoms with Crippen LogP contribution in [0.4, 0.5) is 0 Å². The zero-order valence-electron chi connectivity index (χ0n) is 19.5. The number of thiophene rings is 1. The van der Waals surface area contributed by atoms with E-state index in [1.165, 1.54) is 15.3 Å². The predicted molar refractivity (Wildman–Crippen MR) is 127 cm³/mol. The van der Waals surface area contributed by atoms with E-state index in [9.17, 15) is 13.2 Å². The number of hydrogen-bond acceptors (Lipinski definition) is 6. The SMILES string of the molecule is CCc1cc2c(s1)CCO[C@@]21CCN(C[C@H]2C[C@@H](NC(=O)CNS(=O)(=O)CC)C2)[C@@H](C)C1. The summed E-state index contributed by atoms with van der Waals surface area (Å²) in [5.74, 6) is 0.325. The largest absolute Gasteiger partial charge is 0.370 e. The van der Waals surface area contributed by atoms with Gasteiger partial charge in [-0.2, -0.15) is 0 Å². The number of carbonyl (C=O) groups excluding carboxylic acids is 1. The van der Waals surface area contributed by atoms with Gasteiger partial charge in [-0.05, 0) is 63.5 Å². The second kappa shape index (κ2) is 9.70. The first-order valence-electron chi connectivity index (χ1n) is 12.0. The highest BCUT2D eigenvalue weighted by molar-refractivity contribution is 7.89. The van der Waals surface area contributed by atoms with Gasteiger partial charge in [-0.1, -0.05) is 6.92 Å². The van der Waals surface area contributed by atoms with Crippen molar-refractivity contribution >= 4 is 27.3 Å². The van der Waals surface area contributed by atoms with Gasteiger partial charge in [0.2, 0.25) is 15.9 Å². The van der Waals surface area contributed by atoms with Gasteiger partial charge in [-0.25, -0.2) is 13.1 Å². The van der Waals surface area contributed by atoms with E-state index < -0.39 is 10.0 Å². The Hall–Kier alpha value is -1.00. The first-order valence-corrected chi connectivity index (χ1v) is 14.5. The number of aryl methyl sites for hydroxylation is 1. The Labute approximate surface area is 196 Å². The number of hydrogen-bond donors (Lipinski definition) is 2. The van der Waals surface area contributed by atoms with Gasteiger partial charge in [0.05, 0.1) is 24.5 Å². The fourth-order valence-corrected chi connectivity index (χ4v) is 7.17. The summed E-state index contributed by atoms with van der Waals surface area (Å²) in [5.41, 5.74) is 1.36. The average Bonchev–Trinajstić information content (AvgIpc) is 3.18. The van der Waals surface area contributed by atoms with Crippen molar-refractivity contribution in [3.8, 4) is 0 Å². The topological polar surface area (TPSA) is 87.7 Å². The van der Waals surface area contributed by atoms with Crippen LogP contribution in [0.3, 0.4) is 0 Å². The first kappa shape index (κ1) is 24.1. The summed E-state index contributed by atoms with van der Waals surface area (Å²) >= 11 is 1.97. The Morgan fingerprint density at radius 3 is 2.81 bits per heavy atom. The zero-order chi connectivity index (χ0) is 22.9. The maximum atomic E-state index is 12.0. The van der Waals surface area contributed by atoms with Gasteiger partial charge in [0, 0.05) is 41.3 Å². The Balaban J connectivity index is 1.24. The van der Waals surface area contributed by atoms with Crippen molar-refractivity contribution in [2.45, 2.75) is 77.0 Å². The third-order valence-electron chi connectivity index (χ3n) is 7.38. The molecule has 1 saturated heterocycles. The molecule has 0 radical (unpaired) electrons. The molecule has 2 N–H and O–H groups in total. The number of rotatable bonds is 8. The lowest BCUT2D eigenvalue weighted by molar-refractivity contribution is -0.122. The van der Waals surface area contributed by atoms with Gasteiger partial charge in [0.1, 0.15) is 0 Å². The molecule has 0 aromatic carbocycles. The van der Waals surface area contributed by atoms with Crippen molar-refractivity contribution in [3.05, 3.63) is 21.4 Å². The van der Waals surface area contributed by atoms with Gasteiger partial charge in [-0.3, -0.25) is 4.79 Å². The Bertz CT molecular complexity index is 926. The van der Waals surface area contributed by atoms with Crippen molar-refractivity contribution < 1.29 is 17.9 Å². The molecule has 1 amide bonds. The number of carbonyl (C=O) groups is 1.